The summed E-state index contributed by atoms with van der Waals surface area (Å²) in [4.78, 5) is 12.6. The summed E-state index contributed by atoms with van der Waals surface area (Å²) in [5, 5.41) is 6.58. The van der Waals surface area contributed by atoms with Crippen molar-refractivity contribution in [3.8, 4) is 16.9 Å². The lowest BCUT2D eigenvalue weighted by molar-refractivity contribution is -0.141. The molecule has 4 rings (SSSR count). The highest BCUT2D eigenvalue weighted by Crippen LogP contribution is 2.34. The number of benzene rings is 3. The van der Waals surface area contributed by atoms with Crippen LogP contribution in [0, 0.1) is 12.7 Å². The van der Waals surface area contributed by atoms with Gasteiger partial charge >= 0.3 is 6.18 Å². The maximum absolute atomic E-state index is 13.5. The molecule has 0 bridgehead atoms. The topological polar surface area (TPSA) is 46.9 Å². The van der Waals surface area contributed by atoms with Crippen molar-refractivity contribution in [2.45, 2.75) is 13.1 Å². The van der Waals surface area contributed by atoms with Gasteiger partial charge < -0.3 is 5.32 Å². The first-order chi connectivity index (χ1) is 15.6. The Balaban J connectivity index is 1.69. The molecule has 1 aromatic heterocycles. The van der Waals surface area contributed by atoms with Crippen LogP contribution in [0.25, 0.3) is 16.9 Å². The maximum Gasteiger partial charge on any atom is 0.435 e. The number of aromatic nitrogens is 2. The SMILES string of the molecule is Cc1ccc(F)cc1NC(=O)c1ccc(-c2cc(C(F)(F)F)nn2-c2ccccc2Cl)cc1. The molecule has 168 valence electrons. The number of hydrogen-bond donors (Lipinski definition) is 1. The molecule has 4 nitrogen and oxygen atoms in total. The number of nitrogens with one attached hydrogen (secondary N) is 1. The predicted octanol–water partition coefficient (Wildman–Crippen LogP) is 6.91. The highest BCUT2D eigenvalue weighted by Gasteiger charge is 2.35. The predicted molar refractivity (Wildman–Crippen MR) is 118 cm³/mol. The summed E-state index contributed by atoms with van der Waals surface area (Å²) >= 11 is 6.19. The molecule has 1 heterocycles. The summed E-state index contributed by atoms with van der Waals surface area (Å²) in [6.45, 7) is 1.73. The monoisotopic (exact) mass is 473 g/mol. The quantitative estimate of drug-likeness (QED) is 0.327. The van der Waals surface area contributed by atoms with E-state index in [2.05, 4.69) is 10.4 Å². The van der Waals surface area contributed by atoms with E-state index in [0.717, 1.165) is 10.7 Å². The number of carbonyl (C=O) groups excluding carboxylic acids is 1. The standard InChI is InChI=1S/C24H16ClF4N3O/c1-14-6-11-17(26)12-19(14)30-23(33)16-9-7-15(8-10-16)21-13-22(24(27,28)29)31-32(21)20-5-3-2-4-18(20)25/h2-13H,1H3,(H,30,33). The van der Waals surface area contributed by atoms with E-state index in [1.165, 1.54) is 36.4 Å². The van der Waals surface area contributed by atoms with Crippen molar-refractivity contribution in [2.24, 2.45) is 0 Å². The van der Waals surface area contributed by atoms with E-state index in [-0.39, 0.29) is 22.0 Å². The van der Waals surface area contributed by atoms with Gasteiger partial charge in [-0.05, 0) is 55.0 Å². The van der Waals surface area contributed by atoms with E-state index in [4.69, 9.17) is 11.6 Å². The number of halogens is 5. The average Bonchev–Trinajstić information content (AvgIpc) is 3.22. The highest BCUT2D eigenvalue weighted by atomic mass is 35.5. The summed E-state index contributed by atoms with van der Waals surface area (Å²) in [6, 6.07) is 17.3. The zero-order valence-electron chi connectivity index (χ0n) is 17.1. The first-order valence-electron chi connectivity index (χ1n) is 9.73. The molecule has 4 aromatic rings. The minimum absolute atomic E-state index is 0.156. The number of alkyl halides is 3. The Bertz CT molecular complexity index is 1330. The first-order valence-corrected chi connectivity index (χ1v) is 10.1. The molecule has 1 amide bonds. The van der Waals surface area contributed by atoms with E-state index in [1.54, 1.807) is 37.3 Å². The Morgan fingerprint density at radius 2 is 1.70 bits per heavy atom. The van der Waals surface area contributed by atoms with Crippen LogP contribution in [0.15, 0.2) is 72.8 Å². The number of para-hydroxylation sites is 1. The summed E-state index contributed by atoms with van der Waals surface area (Å²) in [7, 11) is 0. The van der Waals surface area contributed by atoms with Crippen molar-refractivity contribution >= 4 is 23.2 Å². The zero-order valence-corrected chi connectivity index (χ0v) is 17.9. The van der Waals surface area contributed by atoms with Crippen molar-refractivity contribution in [3.63, 3.8) is 0 Å². The van der Waals surface area contributed by atoms with Gasteiger partial charge in [0.15, 0.2) is 5.69 Å². The Morgan fingerprint density at radius 3 is 2.36 bits per heavy atom. The van der Waals surface area contributed by atoms with Gasteiger partial charge in [0.2, 0.25) is 0 Å². The third-order valence-corrected chi connectivity index (χ3v) is 5.29. The summed E-state index contributed by atoms with van der Waals surface area (Å²) in [6.07, 6.45) is -4.65. The summed E-state index contributed by atoms with van der Waals surface area (Å²) in [5.41, 5.74) is 1.04. The molecule has 9 heteroatoms. The molecule has 0 unspecified atom stereocenters. The van der Waals surface area contributed by atoms with Crippen molar-refractivity contribution in [1.82, 2.24) is 9.78 Å². The van der Waals surface area contributed by atoms with Gasteiger partial charge in [-0.3, -0.25) is 4.79 Å². The first kappa shape index (κ1) is 22.5. The second kappa shape index (κ2) is 8.71. The normalized spacial score (nSPS) is 11.5. The third-order valence-electron chi connectivity index (χ3n) is 4.97. The van der Waals surface area contributed by atoms with Crippen molar-refractivity contribution in [3.05, 3.63) is 100 Å². The maximum atomic E-state index is 13.5. The van der Waals surface area contributed by atoms with Crippen LogP contribution in [0.1, 0.15) is 21.6 Å². The molecule has 0 fully saturated rings. The van der Waals surface area contributed by atoms with Gasteiger partial charge in [-0.2, -0.15) is 18.3 Å². The van der Waals surface area contributed by atoms with E-state index in [1.807, 2.05) is 0 Å². The number of amides is 1. The van der Waals surface area contributed by atoms with Gasteiger partial charge in [0.25, 0.3) is 5.91 Å². The molecule has 3 aromatic carbocycles. The van der Waals surface area contributed by atoms with Crippen molar-refractivity contribution in [1.29, 1.82) is 0 Å². The molecule has 0 atom stereocenters. The Morgan fingerprint density at radius 1 is 1.00 bits per heavy atom. The van der Waals surface area contributed by atoms with Gasteiger partial charge in [-0.25, -0.2) is 9.07 Å². The number of aryl methyl sites for hydroxylation is 1. The smallest absolute Gasteiger partial charge is 0.322 e. The lowest BCUT2D eigenvalue weighted by Crippen LogP contribution is -2.13. The molecule has 0 radical (unpaired) electrons. The minimum atomic E-state index is -4.65. The van der Waals surface area contributed by atoms with Gasteiger partial charge in [0, 0.05) is 16.8 Å². The molecule has 0 aliphatic carbocycles. The number of carbonyl (C=O) groups is 1. The van der Waals surface area contributed by atoms with Crippen LogP contribution in [0.4, 0.5) is 23.2 Å². The molecule has 0 aliphatic rings. The fourth-order valence-electron chi connectivity index (χ4n) is 3.25. The van der Waals surface area contributed by atoms with Crippen LogP contribution in [-0.2, 0) is 6.18 Å². The molecular formula is C24H16ClF4N3O. The molecular weight excluding hydrogens is 458 g/mol. The molecule has 1 N–H and O–H groups in total. The minimum Gasteiger partial charge on any atom is -0.322 e. The lowest BCUT2D eigenvalue weighted by Gasteiger charge is -2.11. The van der Waals surface area contributed by atoms with E-state index >= 15 is 0 Å². The van der Waals surface area contributed by atoms with Crippen LogP contribution in [0.2, 0.25) is 5.02 Å². The second-order valence-electron chi connectivity index (χ2n) is 7.27. The number of rotatable bonds is 4. The Labute approximate surface area is 191 Å². The van der Waals surface area contributed by atoms with Crippen LogP contribution < -0.4 is 5.32 Å². The Hall–Kier alpha value is -3.65. The molecule has 0 spiro atoms. The van der Waals surface area contributed by atoms with Crippen LogP contribution in [0.3, 0.4) is 0 Å². The lowest BCUT2D eigenvalue weighted by atomic mass is 10.1. The zero-order chi connectivity index (χ0) is 23.8. The van der Waals surface area contributed by atoms with Crippen LogP contribution in [-0.4, -0.2) is 15.7 Å². The summed E-state index contributed by atoms with van der Waals surface area (Å²) < 4.78 is 54.7. The van der Waals surface area contributed by atoms with Gasteiger partial charge in [-0.15, -0.1) is 0 Å². The van der Waals surface area contributed by atoms with Gasteiger partial charge in [0.05, 0.1) is 16.4 Å². The molecule has 33 heavy (non-hydrogen) atoms. The largest absolute Gasteiger partial charge is 0.435 e. The van der Waals surface area contributed by atoms with Crippen LogP contribution >= 0.6 is 11.6 Å². The van der Waals surface area contributed by atoms with Crippen LogP contribution in [0.5, 0.6) is 0 Å². The van der Waals surface area contributed by atoms with E-state index in [0.29, 0.717) is 16.8 Å². The van der Waals surface area contributed by atoms with E-state index in [9.17, 15) is 22.4 Å². The third kappa shape index (κ3) is 4.75. The highest BCUT2D eigenvalue weighted by molar-refractivity contribution is 6.32. The fourth-order valence-corrected chi connectivity index (χ4v) is 3.46. The van der Waals surface area contributed by atoms with Crippen molar-refractivity contribution < 1.29 is 22.4 Å². The average molecular weight is 474 g/mol. The molecule has 0 saturated heterocycles. The molecule has 0 aliphatic heterocycles. The van der Waals surface area contributed by atoms with Gasteiger partial charge in [0.1, 0.15) is 5.82 Å². The summed E-state index contributed by atoms with van der Waals surface area (Å²) in [5.74, 6) is -0.967. The number of anilines is 1. The van der Waals surface area contributed by atoms with Gasteiger partial charge in [-0.1, -0.05) is 41.9 Å². The number of nitrogens with zero attached hydrogens (tertiary/aromatic N) is 2. The fraction of sp³-hybridized carbons (Fsp3) is 0.0833. The van der Waals surface area contributed by atoms with Crippen molar-refractivity contribution in [2.75, 3.05) is 5.32 Å². The number of hydrogen-bond acceptors (Lipinski definition) is 2. The Kier molecular flexibility index (Phi) is 5.95. The van der Waals surface area contributed by atoms with E-state index < -0.39 is 23.6 Å². The molecule has 0 saturated carbocycles. The second-order valence-corrected chi connectivity index (χ2v) is 7.67.